The molecule has 1 aromatic carbocycles. The number of carboxylic acid groups (broad SMARTS) is 1. The van der Waals surface area contributed by atoms with Crippen molar-refractivity contribution >= 4 is 17.7 Å². The Labute approximate surface area is 325 Å². The SMILES string of the molecule is CC(=O)O[C@@H]1C[C@@]23COC[C@](C)([C@@H]2CC[C@H]2C3=CC(=O)[C@@]3(C)[C@H](C(=O)O)[C@@](C)([C@H](C)C(C)C)CC[C@]23C)[C@H]1OC[C@](C)(C(C)C)N(C)Cc1ccccc1. The van der Waals surface area contributed by atoms with Gasteiger partial charge in [-0.1, -0.05) is 98.2 Å². The molecule has 1 aliphatic heterocycles. The number of nitrogens with zero attached hydrogens (tertiary/aromatic N) is 1. The molecule has 0 spiro atoms. The van der Waals surface area contributed by atoms with Gasteiger partial charge in [-0.2, -0.15) is 0 Å². The van der Waals surface area contributed by atoms with Crippen LogP contribution in [0, 0.1) is 62.6 Å². The third kappa shape index (κ3) is 5.97. The smallest absolute Gasteiger partial charge is 0.308 e. The molecule has 8 heteroatoms. The van der Waals surface area contributed by atoms with Crippen LogP contribution in [0.25, 0.3) is 0 Å². The number of carbonyl (C=O) groups excluding carboxylic acids is 2. The third-order valence-electron chi connectivity index (χ3n) is 17.2. The van der Waals surface area contributed by atoms with Crippen LogP contribution < -0.4 is 0 Å². The fourth-order valence-corrected chi connectivity index (χ4v) is 13.0. The van der Waals surface area contributed by atoms with Crippen LogP contribution in [0.2, 0.25) is 0 Å². The van der Waals surface area contributed by atoms with Crippen molar-refractivity contribution in [2.45, 2.75) is 133 Å². The van der Waals surface area contributed by atoms with E-state index in [4.69, 9.17) is 14.2 Å². The molecule has 2 bridgehead atoms. The van der Waals surface area contributed by atoms with E-state index in [2.05, 4.69) is 98.5 Å². The molecule has 12 atom stereocenters. The summed E-state index contributed by atoms with van der Waals surface area (Å²) >= 11 is 0. The maximum absolute atomic E-state index is 15.0. The van der Waals surface area contributed by atoms with Gasteiger partial charge in [0.2, 0.25) is 0 Å². The number of ether oxygens (including phenoxy) is 3. The van der Waals surface area contributed by atoms with Gasteiger partial charge >= 0.3 is 11.9 Å². The van der Waals surface area contributed by atoms with Gasteiger partial charge in [-0.25, -0.2) is 0 Å². The molecule has 0 unspecified atom stereocenters. The Hall–Kier alpha value is -2.55. The summed E-state index contributed by atoms with van der Waals surface area (Å²) in [5, 5.41) is 11.0. The lowest BCUT2D eigenvalue weighted by Crippen LogP contribution is -2.71. The summed E-state index contributed by atoms with van der Waals surface area (Å²) in [6.07, 6.45) is 4.81. The lowest BCUT2D eigenvalue weighted by Gasteiger charge is -2.70. The number of aliphatic carboxylic acids is 1. The van der Waals surface area contributed by atoms with Crippen LogP contribution in [-0.4, -0.2) is 72.3 Å². The van der Waals surface area contributed by atoms with Crippen LogP contribution in [0.15, 0.2) is 42.0 Å². The molecule has 300 valence electrons. The van der Waals surface area contributed by atoms with Crippen molar-refractivity contribution in [1.82, 2.24) is 4.90 Å². The van der Waals surface area contributed by atoms with Crippen LogP contribution in [-0.2, 0) is 35.1 Å². The van der Waals surface area contributed by atoms with Crippen molar-refractivity contribution in [3.8, 4) is 0 Å². The van der Waals surface area contributed by atoms with Gasteiger partial charge in [0.25, 0.3) is 0 Å². The number of benzene rings is 1. The molecule has 1 saturated heterocycles. The summed E-state index contributed by atoms with van der Waals surface area (Å²) in [7, 11) is 2.16. The van der Waals surface area contributed by atoms with E-state index in [9.17, 15) is 14.7 Å². The highest BCUT2D eigenvalue weighted by Gasteiger charge is 2.74. The van der Waals surface area contributed by atoms with E-state index >= 15 is 4.79 Å². The number of rotatable bonds is 11. The number of carbonyl (C=O) groups is 3. The minimum atomic E-state index is -1.06. The molecule has 4 fully saturated rings. The number of likely N-dealkylation sites (N-methyl/N-ethyl adjacent to an activating group) is 1. The Balaban J connectivity index is 1.38. The van der Waals surface area contributed by atoms with Gasteiger partial charge in [-0.15, -0.1) is 0 Å². The number of fused-ring (bicyclic) bond motifs is 3. The highest BCUT2D eigenvalue weighted by Crippen LogP contribution is 2.74. The number of hydrogen-bond donors (Lipinski definition) is 1. The monoisotopic (exact) mass is 748 g/mol. The van der Waals surface area contributed by atoms with Crippen LogP contribution in [0.1, 0.15) is 114 Å². The van der Waals surface area contributed by atoms with Gasteiger partial charge < -0.3 is 19.3 Å². The first kappa shape index (κ1) is 41.1. The van der Waals surface area contributed by atoms with Crippen LogP contribution in [0.3, 0.4) is 0 Å². The van der Waals surface area contributed by atoms with Crippen molar-refractivity contribution in [3.05, 3.63) is 47.5 Å². The van der Waals surface area contributed by atoms with Crippen LogP contribution in [0.4, 0.5) is 0 Å². The van der Waals surface area contributed by atoms with Gasteiger partial charge in [0.1, 0.15) is 12.2 Å². The first-order valence-corrected chi connectivity index (χ1v) is 20.7. The minimum Gasteiger partial charge on any atom is -0.481 e. The predicted octanol–water partition coefficient (Wildman–Crippen LogP) is 8.62. The summed E-state index contributed by atoms with van der Waals surface area (Å²) in [6, 6.07) is 10.5. The number of ketones is 1. The van der Waals surface area contributed by atoms with Gasteiger partial charge in [0, 0.05) is 35.3 Å². The zero-order chi connectivity index (χ0) is 39.8. The second-order valence-electron chi connectivity index (χ2n) is 20.2. The molecule has 54 heavy (non-hydrogen) atoms. The average molecular weight is 748 g/mol. The predicted molar refractivity (Wildman–Crippen MR) is 210 cm³/mol. The maximum Gasteiger partial charge on any atom is 0.308 e. The summed E-state index contributed by atoms with van der Waals surface area (Å²) in [5.74, 6) is -1.20. The lowest BCUT2D eigenvalue weighted by atomic mass is 9.34. The lowest BCUT2D eigenvalue weighted by molar-refractivity contribution is -0.270. The van der Waals surface area contributed by atoms with E-state index in [-0.39, 0.29) is 41.0 Å². The third-order valence-corrected chi connectivity index (χ3v) is 17.2. The molecule has 5 aliphatic rings. The zero-order valence-electron chi connectivity index (χ0n) is 35.3. The number of hydrogen-bond acceptors (Lipinski definition) is 7. The van der Waals surface area contributed by atoms with Crippen molar-refractivity contribution < 1.29 is 33.7 Å². The van der Waals surface area contributed by atoms with Crippen LogP contribution >= 0.6 is 0 Å². The highest BCUT2D eigenvalue weighted by atomic mass is 16.6. The summed E-state index contributed by atoms with van der Waals surface area (Å²) < 4.78 is 20.1. The van der Waals surface area contributed by atoms with E-state index in [0.717, 1.165) is 37.8 Å². The Bertz CT molecular complexity index is 1640. The maximum atomic E-state index is 15.0. The normalized spacial score (nSPS) is 40.6. The number of allylic oxidation sites excluding steroid dienone is 1. The zero-order valence-corrected chi connectivity index (χ0v) is 35.3. The fraction of sp³-hybridized carbons (Fsp3) is 0.761. The minimum absolute atomic E-state index is 0.0227. The molecule has 1 aromatic rings. The second kappa shape index (κ2) is 14.1. The summed E-state index contributed by atoms with van der Waals surface area (Å²) in [6.45, 7) is 25.4. The largest absolute Gasteiger partial charge is 0.481 e. The van der Waals surface area contributed by atoms with Crippen molar-refractivity contribution in [3.63, 3.8) is 0 Å². The number of carboxylic acids is 1. The molecule has 8 nitrogen and oxygen atoms in total. The Kier molecular flexibility index (Phi) is 10.8. The molecule has 6 rings (SSSR count). The van der Waals surface area contributed by atoms with Crippen molar-refractivity contribution in [2.24, 2.45) is 62.6 Å². The highest BCUT2D eigenvalue weighted by molar-refractivity contribution is 6.00. The Morgan fingerprint density at radius 2 is 1.69 bits per heavy atom. The second-order valence-corrected chi connectivity index (χ2v) is 20.2. The van der Waals surface area contributed by atoms with Gasteiger partial charge in [-0.3, -0.25) is 19.3 Å². The van der Waals surface area contributed by atoms with E-state index in [0.29, 0.717) is 32.2 Å². The Morgan fingerprint density at radius 1 is 1.02 bits per heavy atom. The first-order valence-electron chi connectivity index (χ1n) is 20.7. The fourth-order valence-electron chi connectivity index (χ4n) is 13.0. The van der Waals surface area contributed by atoms with E-state index < -0.39 is 51.2 Å². The molecular formula is C46H69NO7. The van der Waals surface area contributed by atoms with Gasteiger partial charge in [0.15, 0.2) is 5.78 Å². The topological polar surface area (TPSA) is 102 Å². The summed E-state index contributed by atoms with van der Waals surface area (Å²) in [4.78, 5) is 43.8. The van der Waals surface area contributed by atoms with Crippen LogP contribution in [0.5, 0.6) is 0 Å². The van der Waals surface area contributed by atoms with Gasteiger partial charge in [-0.05, 0) is 98.1 Å². The molecule has 0 radical (unpaired) electrons. The molecule has 0 amide bonds. The summed E-state index contributed by atoms with van der Waals surface area (Å²) in [5.41, 5.74) is -1.10. The standard InChI is InChI=1S/C46H69NO7/c1-28(2)30(5)41(7)20-21-43(9)33-18-19-36-42(8)25-52-27-46(36,34(33)22-37(49)45(43,11)38(41)40(50)51)23-35(54-31(6)48)39(42)53-26-44(10,29(3)4)47(12)24-32-16-14-13-15-17-32/h13-17,22,28-30,33,35-36,38-39H,18-21,23-27H2,1-12H3,(H,50,51)/t30-,33+,35-,36+,38-,39+,41-,42-,43-,44-,45+,46+/m1/s1. The first-order chi connectivity index (χ1) is 25.1. The molecule has 3 saturated carbocycles. The molecule has 1 heterocycles. The van der Waals surface area contributed by atoms with E-state index in [1.165, 1.54) is 12.5 Å². The molecule has 4 aliphatic carbocycles. The van der Waals surface area contributed by atoms with E-state index in [1.54, 1.807) is 0 Å². The molecule has 1 N–H and O–H groups in total. The molecule has 0 aromatic heterocycles. The Morgan fingerprint density at radius 3 is 2.28 bits per heavy atom. The van der Waals surface area contributed by atoms with E-state index in [1.807, 2.05) is 19.1 Å². The quantitative estimate of drug-likeness (QED) is 0.225. The van der Waals surface area contributed by atoms with Crippen molar-refractivity contribution in [1.29, 1.82) is 0 Å². The molecular weight excluding hydrogens is 679 g/mol. The average Bonchev–Trinajstić information content (AvgIpc) is 3.09. The van der Waals surface area contributed by atoms with Crippen molar-refractivity contribution in [2.75, 3.05) is 26.9 Å². The number of esters is 1. The van der Waals surface area contributed by atoms with Gasteiger partial charge in [0.05, 0.1) is 25.7 Å².